The molecule has 1 aliphatic rings. The molecule has 4 rings (SSSR count). The highest BCUT2D eigenvalue weighted by atomic mass is 19.1. The van der Waals surface area contributed by atoms with Crippen molar-refractivity contribution in [3.63, 3.8) is 0 Å². The molecule has 1 aliphatic heterocycles. The molecule has 0 aliphatic carbocycles. The van der Waals surface area contributed by atoms with Crippen LogP contribution in [0, 0.1) is 5.82 Å². The number of nitrogens with one attached hydrogen (secondary N) is 1. The second-order valence-electron chi connectivity index (χ2n) is 6.95. The van der Waals surface area contributed by atoms with Crippen LogP contribution in [0.4, 0.5) is 10.1 Å². The second-order valence-corrected chi connectivity index (χ2v) is 6.95. The molecule has 1 saturated heterocycles. The standard InChI is InChI=1S/C22H22FN3O2/c1-15(27)24-21-7-6-16(12-19(21)23)22-13-17(14-26-8-10-28-11-9-26)18-4-2-3-5-20(18)25-22/h2-7,12-13H,8-11,14H2,1H3,(H,24,27). The Bertz CT molecular complexity index is 1020. The molecule has 6 heteroatoms. The topological polar surface area (TPSA) is 54.5 Å². The molecule has 144 valence electrons. The Labute approximate surface area is 163 Å². The van der Waals surface area contributed by atoms with E-state index in [1.54, 1.807) is 12.1 Å². The van der Waals surface area contributed by atoms with Crippen LogP contribution >= 0.6 is 0 Å². The highest BCUT2D eigenvalue weighted by Crippen LogP contribution is 2.28. The lowest BCUT2D eigenvalue weighted by Gasteiger charge is -2.27. The third-order valence-corrected chi connectivity index (χ3v) is 4.88. The lowest BCUT2D eigenvalue weighted by molar-refractivity contribution is -0.114. The number of aromatic nitrogens is 1. The molecule has 1 fully saturated rings. The van der Waals surface area contributed by atoms with Crippen LogP contribution in [0.3, 0.4) is 0 Å². The number of carbonyl (C=O) groups is 1. The van der Waals surface area contributed by atoms with E-state index in [1.165, 1.54) is 13.0 Å². The molecular weight excluding hydrogens is 357 g/mol. The molecule has 0 unspecified atom stereocenters. The summed E-state index contributed by atoms with van der Waals surface area (Å²) in [6.45, 7) is 5.43. The number of halogens is 1. The summed E-state index contributed by atoms with van der Waals surface area (Å²) in [6, 6.07) is 14.8. The van der Waals surface area contributed by atoms with Crippen molar-refractivity contribution >= 4 is 22.5 Å². The van der Waals surface area contributed by atoms with E-state index in [0.29, 0.717) is 5.56 Å². The lowest BCUT2D eigenvalue weighted by atomic mass is 10.0. The van der Waals surface area contributed by atoms with Gasteiger partial charge in [0.1, 0.15) is 5.82 Å². The third-order valence-electron chi connectivity index (χ3n) is 4.88. The van der Waals surface area contributed by atoms with E-state index in [1.807, 2.05) is 24.3 Å². The molecule has 0 spiro atoms. The molecule has 0 saturated carbocycles. The van der Waals surface area contributed by atoms with Gasteiger partial charge >= 0.3 is 0 Å². The maximum Gasteiger partial charge on any atom is 0.221 e. The maximum absolute atomic E-state index is 14.4. The van der Waals surface area contributed by atoms with Gasteiger partial charge in [-0.2, -0.15) is 0 Å². The van der Waals surface area contributed by atoms with Crippen molar-refractivity contribution in [2.45, 2.75) is 13.5 Å². The highest BCUT2D eigenvalue weighted by molar-refractivity contribution is 5.89. The van der Waals surface area contributed by atoms with Gasteiger partial charge in [0.2, 0.25) is 5.91 Å². The van der Waals surface area contributed by atoms with Crippen molar-refractivity contribution in [1.29, 1.82) is 0 Å². The number of fused-ring (bicyclic) bond motifs is 1. The lowest BCUT2D eigenvalue weighted by Crippen LogP contribution is -2.35. The van der Waals surface area contributed by atoms with Gasteiger partial charge in [0, 0.05) is 37.5 Å². The number of rotatable bonds is 4. The van der Waals surface area contributed by atoms with Gasteiger partial charge in [0.15, 0.2) is 0 Å². The minimum atomic E-state index is -0.475. The molecule has 2 heterocycles. The number of hydrogen-bond acceptors (Lipinski definition) is 4. The van der Waals surface area contributed by atoms with Gasteiger partial charge in [-0.25, -0.2) is 9.37 Å². The molecule has 1 aromatic heterocycles. The number of pyridine rings is 1. The van der Waals surface area contributed by atoms with E-state index >= 15 is 0 Å². The Kier molecular flexibility index (Phi) is 5.32. The molecule has 0 bridgehead atoms. The van der Waals surface area contributed by atoms with E-state index in [9.17, 15) is 9.18 Å². The Morgan fingerprint density at radius 1 is 1.18 bits per heavy atom. The summed E-state index contributed by atoms with van der Waals surface area (Å²) < 4.78 is 19.9. The van der Waals surface area contributed by atoms with E-state index in [-0.39, 0.29) is 11.6 Å². The van der Waals surface area contributed by atoms with Crippen LogP contribution in [-0.4, -0.2) is 42.1 Å². The average Bonchev–Trinajstić information content (AvgIpc) is 2.70. The van der Waals surface area contributed by atoms with E-state index in [2.05, 4.69) is 16.3 Å². The Hall–Kier alpha value is -2.83. The SMILES string of the molecule is CC(=O)Nc1ccc(-c2cc(CN3CCOCC3)c3ccccc3n2)cc1F. The molecule has 0 radical (unpaired) electrons. The van der Waals surface area contributed by atoms with Gasteiger partial charge in [0.25, 0.3) is 0 Å². The summed E-state index contributed by atoms with van der Waals surface area (Å²) in [7, 11) is 0. The molecular formula is C22H22FN3O2. The smallest absolute Gasteiger partial charge is 0.221 e. The first-order valence-corrected chi connectivity index (χ1v) is 9.36. The Morgan fingerprint density at radius 3 is 2.71 bits per heavy atom. The molecule has 0 atom stereocenters. The number of anilines is 1. The zero-order chi connectivity index (χ0) is 19.5. The summed E-state index contributed by atoms with van der Waals surface area (Å²) in [6.07, 6.45) is 0. The fourth-order valence-corrected chi connectivity index (χ4v) is 3.49. The summed E-state index contributed by atoms with van der Waals surface area (Å²) in [5.41, 5.74) is 3.62. The van der Waals surface area contributed by atoms with E-state index in [4.69, 9.17) is 9.72 Å². The predicted molar refractivity (Wildman–Crippen MR) is 108 cm³/mol. The van der Waals surface area contributed by atoms with Gasteiger partial charge < -0.3 is 10.1 Å². The van der Waals surface area contributed by atoms with Gasteiger partial charge in [-0.3, -0.25) is 9.69 Å². The largest absolute Gasteiger partial charge is 0.379 e. The van der Waals surface area contributed by atoms with Gasteiger partial charge in [0.05, 0.1) is 30.1 Å². The fraction of sp³-hybridized carbons (Fsp3) is 0.273. The van der Waals surface area contributed by atoms with Crippen molar-refractivity contribution < 1.29 is 13.9 Å². The van der Waals surface area contributed by atoms with E-state index < -0.39 is 5.82 Å². The van der Waals surface area contributed by atoms with Crippen molar-refractivity contribution in [3.8, 4) is 11.3 Å². The minimum absolute atomic E-state index is 0.172. The van der Waals surface area contributed by atoms with Crippen LogP contribution in [-0.2, 0) is 16.1 Å². The quantitative estimate of drug-likeness (QED) is 0.749. The van der Waals surface area contributed by atoms with Gasteiger partial charge in [-0.05, 0) is 29.8 Å². The Morgan fingerprint density at radius 2 is 1.96 bits per heavy atom. The predicted octanol–water partition coefficient (Wildman–Crippen LogP) is 3.83. The Balaban J connectivity index is 1.73. The summed E-state index contributed by atoms with van der Waals surface area (Å²) >= 11 is 0. The molecule has 1 amide bonds. The highest BCUT2D eigenvalue weighted by Gasteiger charge is 2.15. The summed E-state index contributed by atoms with van der Waals surface area (Å²) in [5, 5.41) is 3.60. The summed E-state index contributed by atoms with van der Waals surface area (Å²) in [5.74, 6) is -0.777. The molecule has 2 aromatic carbocycles. The third kappa shape index (κ3) is 4.03. The summed E-state index contributed by atoms with van der Waals surface area (Å²) in [4.78, 5) is 18.3. The number of benzene rings is 2. The van der Waals surface area contributed by atoms with Crippen LogP contribution < -0.4 is 5.32 Å². The van der Waals surface area contributed by atoms with Crippen LogP contribution in [0.25, 0.3) is 22.2 Å². The first-order valence-electron chi connectivity index (χ1n) is 9.36. The fourth-order valence-electron chi connectivity index (χ4n) is 3.49. The number of ether oxygens (including phenoxy) is 1. The van der Waals surface area contributed by atoms with Crippen LogP contribution in [0.2, 0.25) is 0 Å². The number of carbonyl (C=O) groups excluding carboxylic acids is 1. The first kappa shape index (κ1) is 18.5. The van der Waals surface area contributed by atoms with Crippen LogP contribution in [0.1, 0.15) is 12.5 Å². The number of morpholine rings is 1. The van der Waals surface area contributed by atoms with Crippen LogP contribution in [0.15, 0.2) is 48.5 Å². The van der Waals surface area contributed by atoms with Crippen molar-refractivity contribution in [2.24, 2.45) is 0 Å². The monoisotopic (exact) mass is 379 g/mol. The number of amides is 1. The van der Waals surface area contributed by atoms with Gasteiger partial charge in [-0.15, -0.1) is 0 Å². The minimum Gasteiger partial charge on any atom is -0.379 e. The molecule has 5 nitrogen and oxygen atoms in total. The van der Waals surface area contributed by atoms with E-state index in [0.717, 1.165) is 55.0 Å². The second kappa shape index (κ2) is 8.04. The van der Waals surface area contributed by atoms with Crippen molar-refractivity contribution in [3.05, 3.63) is 59.9 Å². The van der Waals surface area contributed by atoms with Crippen LogP contribution in [0.5, 0.6) is 0 Å². The number of nitrogens with zero attached hydrogens (tertiary/aromatic N) is 2. The number of hydrogen-bond donors (Lipinski definition) is 1. The molecule has 28 heavy (non-hydrogen) atoms. The zero-order valence-corrected chi connectivity index (χ0v) is 15.7. The first-order chi connectivity index (χ1) is 13.6. The zero-order valence-electron chi connectivity index (χ0n) is 15.7. The normalized spacial score (nSPS) is 14.9. The molecule has 3 aromatic rings. The maximum atomic E-state index is 14.4. The van der Waals surface area contributed by atoms with Crippen molar-refractivity contribution in [2.75, 3.05) is 31.6 Å². The van der Waals surface area contributed by atoms with Crippen molar-refractivity contribution in [1.82, 2.24) is 9.88 Å². The van der Waals surface area contributed by atoms with Gasteiger partial charge in [-0.1, -0.05) is 24.3 Å². The average molecular weight is 379 g/mol. The number of para-hydroxylation sites is 1. The molecule has 1 N–H and O–H groups in total.